The van der Waals surface area contributed by atoms with Crippen LogP contribution in [0.1, 0.15) is 18.1 Å². The Morgan fingerprint density at radius 2 is 1.56 bits per heavy atom. The van der Waals surface area contributed by atoms with Gasteiger partial charge in [0.2, 0.25) is 5.91 Å². The largest absolute Gasteiger partial charge is 0.351 e. The molecule has 0 saturated carbocycles. The van der Waals surface area contributed by atoms with Crippen LogP contribution in [-0.4, -0.2) is 25.9 Å². The molecule has 7 heteroatoms. The van der Waals surface area contributed by atoms with E-state index >= 15 is 0 Å². The number of thioether (sulfide) groups is 1. The average molecular weight is 463 g/mol. The minimum atomic E-state index is -0.337. The Labute approximate surface area is 196 Å². The summed E-state index contributed by atoms with van der Waals surface area (Å²) >= 11 is 7.83. The van der Waals surface area contributed by atoms with Crippen molar-refractivity contribution in [1.82, 2.24) is 20.1 Å². The molecule has 1 heterocycles. The zero-order valence-electron chi connectivity index (χ0n) is 17.6. The highest BCUT2D eigenvalue weighted by Gasteiger charge is 2.22. The van der Waals surface area contributed by atoms with Crippen LogP contribution in [0.5, 0.6) is 0 Å². The van der Waals surface area contributed by atoms with Gasteiger partial charge >= 0.3 is 0 Å². The van der Waals surface area contributed by atoms with Crippen LogP contribution in [-0.2, 0) is 17.9 Å². The van der Waals surface area contributed by atoms with Gasteiger partial charge in [-0.3, -0.25) is 9.36 Å². The Bertz CT molecular complexity index is 1180. The monoisotopic (exact) mass is 462 g/mol. The minimum absolute atomic E-state index is 0.0487. The first kappa shape index (κ1) is 22.1. The van der Waals surface area contributed by atoms with Gasteiger partial charge in [-0.15, -0.1) is 10.2 Å². The van der Waals surface area contributed by atoms with Gasteiger partial charge in [-0.25, -0.2) is 0 Å². The fourth-order valence-corrected chi connectivity index (χ4v) is 4.36. The molecule has 1 aromatic heterocycles. The van der Waals surface area contributed by atoms with Crippen molar-refractivity contribution in [3.63, 3.8) is 0 Å². The zero-order chi connectivity index (χ0) is 22.3. The van der Waals surface area contributed by atoms with Gasteiger partial charge in [0.25, 0.3) is 0 Å². The van der Waals surface area contributed by atoms with E-state index in [0.717, 1.165) is 16.7 Å². The molecule has 0 radical (unpaired) electrons. The Morgan fingerprint density at radius 1 is 0.938 bits per heavy atom. The number of halogens is 1. The second kappa shape index (κ2) is 10.5. The number of rotatable bonds is 8. The number of hydrogen-bond donors (Lipinski definition) is 1. The number of nitrogens with zero attached hydrogens (tertiary/aromatic N) is 3. The molecule has 1 atom stereocenters. The van der Waals surface area contributed by atoms with Crippen LogP contribution < -0.4 is 5.32 Å². The van der Waals surface area contributed by atoms with E-state index in [9.17, 15) is 4.79 Å². The van der Waals surface area contributed by atoms with Crippen molar-refractivity contribution in [3.8, 4) is 11.4 Å². The molecular formula is C25H23ClN4OS. The summed E-state index contributed by atoms with van der Waals surface area (Å²) < 4.78 is 2.02. The second-order valence-electron chi connectivity index (χ2n) is 7.32. The summed E-state index contributed by atoms with van der Waals surface area (Å²) in [7, 11) is 0. The number of aromatic nitrogens is 3. The van der Waals surface area contributed by atoms with Crippen LogP contribution in [0.2, 0.25) is 5.02 Å². The maximum Gasteiger partial charge on any atom is 0.233 e. The molecule has 5 nitrogen and oxygen atoms in total. The Kier molecular flexibility index (Phi) is 7.24. The van der Waals surface area contributed by atoms with E-state index in [2.05, 4.69) is 27.6 Å². The predicted molar refractivity (Wildman–Crippen MR) is 130 cm³/mol. The Morgan fingerprint density at radius 3 is 2.25 bits per heavy atom. The fraction of sp³-hybridized carbons (Fsp3) is 0.160. The van der Waals surface area contributed by atoms with Crippen molar-refractivity contribution < 1.29 is 4.79 Å². The number of amides is 1. The molecule has 0 fully saturated rings. The topological polar surface area (TPSA) is 59.8 Å². The minimum Gasteiger partial charge on any atom is -0.351 e. The third kappa shape index (κ3) is 5.39. The maximum absolute atomic E-state index is 12.7. The number of hydrogen-bond acceptors (Lipinski definition) is 4. The maximum atomic E-state index is 12.7. The summed E-state index contributed by atoms with van der Waals surface area (Å²) in [6.45, 7) is 2.95. The average Bonchev–Trinajstić information content (AvgIpc) is 3.20. The summed E-state index contributed by atoms with van der Waals surface area (Å²) in [6, 6.07) is 27.5. The lowest BCUT2D eigenvalue weighted by Crippen LogP contribution is -2.30. The predicted octanol–water partition coefficient (Wildman–Crippen LogP) is 5.44. The van der Waals surface area contributed by atoms with Gasteiger partial charge in [0.05, 0.1) is 16.8 Å². The molecule has 1 unspecified atom stereocenters. The quantitative estimate of drug-likeness (QED) is 0.354. The molecule has 4 aromatic rings. The van der Waals surface area contributed by atoms with Crippen molar-refractivity contribution in [3.05, 3.63) is 101 Å². The van der Waals surface area contributed by atoms with Crippen LogP contribution in [0.3, 0.4) is 0 Å². The fourth-order valence-electron chi connectivity index (χ4n) is 3.27. The van der Waals surface area contributed by atoms with Gasteiger partial charge < -0.3 is 5.32 Å². The first-order valence-electron chi connectivity index (χ1n) is 10.3. The molecular weight excluding hydrogens is 440 g/mol. The molecule has 4 rings (SSSR count). The van der Waals surface area contributed by atoms with Crippen molar-refractivity contribution in [2.24, 2.45) is 0 Å². The summed E-state index contributed by atoms with van der Waals surface area (Å²) in [5, 5.41) is 12.8. The lowest BCUT2D eigenvalue weighted by molar-refractivity contribution is -0.120. The van der Waals surface area contributed by atoms with Crippen molar-refractivity contribution in [2.45, 2.75) is 30.4 Å². The van der Waals surface area contributed by atoms with Gasteiger partial charge in [0, 0.05) is 12.1 Å². The van der Waals surface area contributed by atoms with Crippen LogP contribution in [0.25, 0.3) is 11.4 Å². The molecule has 0 saturated heterocycles. The van der Waals surface area contributed by atoms with E-state index in [1.165, 1.54) is 11.8 Å². The number of carbonyl (C=O) groups is 1. The normalized spacial score (nSPS) is 11.8. The first-order chi connectivity index (χ1) is 15.6. The highest BCUT2D eigenvalue weighted by Crippen LogP contribution is 2.31. The van der Waals surface area contributed by atoms with Gasteiger partial charge in [-0.2, -0.15) is 0 Å². The number of carbonyl (C=O) groups excluding carboxylic acids is 1. The summed E-state index contributed by atoms with van der Waals surface area (Å²) in [6.07, 6.45) is 0. The molecule has 3 aromatic carbocycles. The molecule has 1 N–H and O–H groups in total. The van der Waals surface area contributed by atoms with Crippen LogP contribution in [0.4, 0.5) is 0 Å². The Hall–Kier alpha value is -3.09. The molecule has 162 valence electrons. The molecule has 0 spiro atoms. The smallest absolute Gasteiger partial charge is 0.233 e. The van der Waals surface area contributed by atoms with Gasteiger partial charge in [0.15, 0.2) is 11.0 Å². The number of nitrogens with one attached hydrogen (secondary N) is 1. The van der Waals surface area contributed by atoms with Gasteiger partial charge in [0.1, 0.15) is 0 Å². The summed E-state index contributed by atoms with van der Waals surface area (Å²) in [4.78, 5) is 12.7. The summed E-state index contributed by atoms with van der Waals surface area (Å²) in [5.74, 6) is 0.631. The van der Waals surface area contributed by atoms with Crippen LogP contribution in [0.15, 0.2) is 90.1 Å². The molecule has 0 aliphatic heterocycles. The molecule has 0 aliphatic carbocycles. The van der Waals surface area contributed by atoms with E-state index in [1.807, 2.05) is 84.3 Å². The van der Waals surface area contributed by atoms with Crippen LogP contribution >= 0.6 is 23.4 Å². The number of benzene rings is 3. The standard InChI is InChI=1S/C25H23ClN4OS/c1-18(24(31)27-16-19-10-4-2-5-11-19)32-25-29-28-23(21-14-8-9-15-22(21)26)30(25)17-20-12-6-3-7-13-20/h2-15,18H,16-17H2,1H3,(H,27,31). The Balaban J connectivity index is 1.56. The third-order valence-corrected chi connectivity index (χ3v) is 6.39. The highest BCUT2D eigenvalue weighted by molar-refractivity contribution is 8.00. The SMILES string of the molecule is CC(Sc1nnc(-c2ccccc2Cl)n1Cc1ccccc1)C(=O)NCc1ccccc1. The van der Waals surface area contributed by atoms with Crippen molar-refractivity contribution in [1.29, 1.82) is 0 Å². The van der Waals surface area contributed by atoms with Crippen LogP contribution in [0, 0.1) is 0 Å². The van der Waals surface area contributed by atoms with E-state index in [0.29, 0.717) is 29.1 Å². The third-order valence-electron chi connectivity index (χ3n) is 4.98. The van der Waals surface area contributed by atoms with E-state index in [-0.39, 0.29) is 11.2 Å². The second-order valence-corrected chi connectivity index (χ2v) is 9.04. The molecule has 0 bridgehead atoms. The summed E-state index contributed by atoms with van der Waals surface area (Å²) in [5.41, 5.74) is 2.99. The zero-order valence-corrected chi connectivity index (χ0v) is 19.2. The molecule has 1 amide bonds. The van der Waals surface area contributed by atoms with E-state index in [1.54, 1.807) is 0 Å². The van der Waals surface area contributed by atoms with E-state index < -0.39 is 0 Å². The first-order valence-corrected chi connectivity index (χ1v) is 11.6. The van der Waals surface area contributed by atoms with Gasteiger partial charge in [-0.05, 0) is 30.2 Å². The van der Waals surface area contributed by atoms with E-state index in [4.69, 9.17) is 11.6 Å². The van der Waals surface area contributed by atoms with Crippen molar-refractivity contribution >= 4 is 29.3 Å². The molecule has 32 heavy (non-hydrogen) atoms. The van der Waals surface area contributed by atoms with Gasteiger partial charge in [-0.1, -0.05) is 96.2 Å². The molecule has 0 aliphatic rings. The lowest BCUT2D eigenvalue weighted by atomic mass is 10.2. The van der Waals surface area contributed by atoms with Crippen molar-refractivity contribution in [2.75, 3.05) is 0 Å². The highest BCUT2D eigenvalue weighted by atomic mass is 35.5. The lowest BCUT2D eigenvalue weighted by Gasteiger charge is -2.14.